The van der Waals surface area contributed by atoms with Crippen LogP contribution in [0.4, 0.5) is 5.69 Å². The first-order valence-electron chi connectivity index (χ1n) is 6.25. The molecule has 1 rings (SSSR count). The number of nitro benzene ring substituents is 1. The lowest BCUT2D eigenvalue weighted by Gasteiger charge is -2.27. The van der Waals surface area contributed by atoms with Crippen molar-refractivity contribution in [1.82, 2.24) is 5.32 Å². The van der Waals surface area contributed by atoms with Crippen LogP contribution < -0.4 is 10.1 Å². The van der Waals surface area contributed by atoms with E-state index in [1.807, 2.05) is 6.92 Å². The van der Waals surface area contributed by atoms with Crippen LogP contribution in [-0.4, -0.2) is 36.7 Å². The number of carbonyl (C=O) groups is 1. The van der Waals surface area contributed by atoms with Crippen molar-refractivity contribution in [2.45, 2.75) is 19.4 Å². The van der Waals surface area contributed by atoms with Crippen molar-refractivity contribution >= 4 is 27.6 Å². The van der Waals surface area contributed by atoms with Gasteiger partial charge in [-0.3, -0.25) is 15.4 Å². The zero-order valence-corrected chi connectivity index (χ0v) is 13.6. The number of hydrogen-bond donors (Lipinski definition) is 1. The second-order valence-electron chi connectivity index (χ2n) is 4.49. The quantitative estimate of drug-likeness (QED) is 0.455. The second kappa shape index (κ2) is 7.37. The fourth-order valence-electron chi connectivity index (χ4n) is 1.77. The van der Waals surface area contributed by atoms with E-state index in [0.717, 1.165) is 0 Å². The number of likely N-dealkylation sites (N-methyl/N-ethyl adjacent to an activating group) is 1. The number of nitrogens with one attached hydrogen (secondary N) is 1. The third-order valence-electron chi connectivity index (χ3n) is 2.86. The average Bonchev–Trinajstić information content (AvgIpc) is 2.45. The van der Waals surface area contributed by atoms with Crippen molar-refractivity contribution in [3.8, 4) is 5.75 Å². The van der Waals surface area contributed by atoms with Gasteiger partial charge >= 0.3 is 5.97 Å². The highest BCUT2D eigenvalue weighted by molar-refractivity contribution is 9.10. The molecule has 0 aromatic heterocycles. The summed E-state index contributed by atoms with van der Waals surface area (Å²) >= 11 is 3.14. The van der Waals surface area contributed by atoms with Crippen molar-refractivity contribution in [3.63, 3.8) is 0 Å². The minimum atomic E-state index is -1.03. The third kappa shape index (κ3) is 4.15. The number of nitro groups is 1. The third-order valence-corrected chi connectivity index (χ3v) is 3.66. The highest BCUT2D eigenvalue weighted by Gasteiger charge is 2.35. The van der Waals surface area contributed by atoms with E-state index in [2.05, 4.69) is 21.2 Å². The lowest BCUT2D eigenvalue weighted by molar-refractivity contribution is -0.385. The molecule has 21 heavy (non-hydrogen) atoms. The molecule has 0 radical (unpaired) electrons. The second-order valence-corrected chi connectivity index (χ2v) is 5.28. The molecule has 0 heterocycles. The van der Waals surface area contributed by atoms with Gasteiger partial charge in [-0.15, -0.1) is 0 Å². The van der Waals surface area contributed by atoms with Gasteiger partial charge in [0, 0.05) is 6.07 Å². The number of ether oxygens (including phenoxy) is 2. The molecule has 0 aliphatic rings. The fourth-order valence-corrected chi connectivity index (χ4v) is 2.29. The number of carbonyl (C=O) groups excluding carboxylic acids is 1. The Morgan fingerprint density at radius 1 is 1.52 bits per heavy atom. The molecule has 1 unspecified atom stereocenters. The summed E-state index contributed by atoms with van der Waals surface area (Å²) < 4.78 is 10.5. The summed E-state index contributed by atoms with van der Waals surface area (Å²) in [4.78, 5) is 22.2. The van der Waals surface area contributed by atoms with Crippen molar-refractivity contribution < 1.29 is 19.2 Å². The Hall–Kier alpha value is -1.67. The number of methoxy groups -OCH3 is 1. The van der Waals surface area contributed by atoms with Crippen LogP contribution in [0, 0.1) is 10.1 Å². The maximum absolute atomic E-state index is 11.8. The molecule has 1 aromatic carbocycles. The first-order chi connectivity index (χ1) is 9.85. The van der Waals surface area contributed by atoms with Gasteiger partial charge in [-0.1, -0.05) is 13.0 Å². The maximum Gasteiger partial charge on any atom is 0.329 e. The fraction of sp³-hybridized carbons (Fsp3) is 0.462. The predicted molar refractivity (Wildman–Crippen MR) is 80.4 cm³/mol. The molecule has 0 saturated heterocycles. The predicted octanol–water partition coefficient (Wildman–Crippen LogP) is 2.28. The Kier molecular flexibility index (Phi) is 6.10. The van der Waals surface area contributed by atoms with Gasteiger partial charge < -0.3 is 9.47 Å². The first kappa shape index (κ1) is 17.4. The molecule has 0 spiro atoms. The summed E-state index contributed by atoms with van der Waals surface area (Å²) in [6.07, 6.45) is 0. The number of esters is 1. The van der Waals surface area contributed by atoms with E-state index in [1.54, 1.807) is 13.0 Å². The lowest BCUT2D eigenvalue weighted by Crippen LogP contribution is -2.54. The van der Waals surface area contributed by atoms with Gasteiger partial charge in [-0.05, 0) is 35.5 Å². The minimum absolute atomic E-state index is 0.0206. The molecule has 8 heteroatoms. The van der Waals surface area contributed by atoms with Gasteiger partial charge in [-0.25, -0.2) is 4.79 Å². The Balaban J connectivity index is 2.93. The summed E-state index contributed by atoms with van der Waals surface area (Å²) in [6, 6.07) is 4.46. The van der Waals surface area contributed by atoms with Crippen LogP contribution in [0.25, 0.3) is 0 Å². The molecule has 1 aromatic rings. The van der Waals surface area contributed by atoms with Gasteiger partial charge in [0.25, 0.3) is 5.69 Å². The highest BCUT2D eigenvalue weighted by atomic mass is 79.9. The van der Waals surface area contributed by atoms with Crippen LogP contribution in [-0.2, 0) is 9.53 Å². The van der Waals surface area contributed by atoms with E-state index < -0.39 is 16.4 Å². The summed E-state index contributed by atoms with van der Waals surface area (Å²) in [5, 5.41) is 13.9. The normalized spacial score (nSPS) is 13.3. The van der Waals surface area contributed by atoms with Crippen molar-refractivity contribution in [3.05, 3.63) is 32.8 Å². The van der Waals surface area contributed by atoms with Gasteiger partial charge in [0.15, 0.2) is 0 Å². The molecular weight excluding hydrogens is 344 g/mol. The number of nitrogens with zero attached hydrogens (tertiary/aromatic N) is 1. The number of hydrogen-bond acceptors (Lipinski definition) is 6. The Bertz CT molecular complexity index is 537. The molecule has 0 bridgehead atoms. The monoisotopic (exact) mass is 360 g/mol. The van der Waals surface area contributed by atoms with E-state index in [9.17, 15) is 14.9 Å². The van der Waals surface area contributed by atoms with E-state index in [4.69, 9.17) is 9.47 Å². The van der Waals surface area contributed by atoms with Crippen molar-refractivity contribution in [2.24, 2.45) is 0 Å². The maximum atomic E-state index is 11.8. The van der Waals surface area contributed by atoms with Gasteiger partial charge in [-0.2, -0.15) is 0 Å². The van der Waals surface area contributed by atoms with Crippen LogP contribution in [0.5, 0.6) is 5.75 Å². The minimum Gasteiger partial charge on any atom is -0.490 e. The Labute approximate surface area is 130 Å². The van der Waals surface area contributed by atoms with Crippen molar-refractivity contribution in [1.29, 1.82) is 0 Å². The zero-order valence-electron chi connectivity index (χ0n) is 12.0. The van der Waals surface area contributed by atoms with E-state index >= 15 is 0 Å². The molecule has 0 saturated carbocycles. The Morgan fingerprint density at radius 3 is 2.71 bits per heavy atom. The van der Waals surface area contributed by atoms with Gasteiger partial charge in [0.05, 0.1) is 12.0 Å². The first-order valence-corrected chi connectivity index (χ1v) is 7.04. The average molecular weight is 361 g/mol. The molecule has 1 N–H and O–H groups in total. The summed E-state index contributed by atoms with van der Waals surface area (Å²) in [7, 11) is 1.29. The lowest BCUT2D eigenvalue weighted by atomic mass is 10.0. The summed E-state index contributed by atoms with van der Waals surface area (Å²) in [6.45, 7) is 4.02. The molecule has 7 nitrogen and oxygen atoms in total. The molecule has 1 atom stereocenters. The number of rotatable bonds is 7. The summed E-state index contributed by atoms with van der Waals surface area (Å²) in [5.74, 6) is -0.178. The molecule has 0 aliphatic carbocycles. The number of halogens is 1. The molecule has 0 amide bonds. The van der Waals surface area contributed by atoms with E-state index in [1.165, 1.54) is 19.2 Å². The van der Waals surface area contributed by atoms with Crippen LogP contribution in [0.1, 0.15) is 13.8 Å². The summed E-state index contributed by atoms with van der Waals surface area (Å²) in [5.41, 5.74) is -1.14. The molecular formula is C13H17BrN2O5. The molecule has 116 valence electrons. The van der Waals surface area contributed by atoms with Gasteiger partial charge in [0.1, 0.15) is 22.4 Å². The van der Waals surface area contributed by atoms with E-state index in [-0.39, 0.29) is 22.5 Å². The van der Waals surface area contributed by atoms with Crippen molar-refractivity contribution in [2.75, 3.05) is 20.3 Å². The van der Waals surface area contributed by atoms with Crippen LogP contribution in [0.3, 0.4) is 0 Å². The van der Waals surface area contributed by atoms with Crippen LogP contribution >= 0.6 is 15.9 Å². The van der Waals surface area contributed by atoms with Crippen LogP contribution in [0.15, 0.2) is 22.7 Å². The molecule has 0 aliphatic heterocycles. The zero-order chi connectivity index (χ0) is 16.0. The standard InChI is InChI=1S/C13H17BrN2O5/c1-4-15-13(2,12(17)20-3)8-21-10-7-5-6-9(11(10)14)16(18)19/h5-7,15H,4,8H2,1-3H3. The highest BCUT2D eigenvalue weighted by Crippen LogP contribution is 2.34. The number of benzene rings is 1. The largest absolute Gasteiger partial charge is 0.490 e. The smallest absolute Gasteiger partial charge is 0.329 e. The molecule has 0 fully saturated rings. The SMILES string of the molecule is CCNC(C)(COc1cccc([N+](=O)[O-])c1Br)C(=O)OC. The van der Waals surface area contributed by atoms with Gasteiger partial charge in [0.2, 0.25) is 0 Å². The topological polar surface area (TPSA) is 90.7 Å². The van der Waals surface area contributed by atoms with E-state index in [0.29, 0.717) is 6.54 Å². The Morgan fingerprint density at radius 2 is 2.19 bits per heavy atom. The van der Waals surface area contributed by atoms with Crippen LogP contribution in [0.2, 0.25) is 0 Å².